The van der Waals surface area contributed by atoms with Gasteiger partial charge in [0.25, 0.3) is 5.91 Å². The average Bonchev–Trinajstić information content (AvgIpc) is 2.39. The lowest BCUT2D eigenvalue weighted by Gasteiger charge is -2.08. The van der Waals surface area contributed by atoms with E-state index < -0.39 is 0 Å². The quantitative estimate of drug-likeness (QED) is 0.641. The van der Waals surface area contributed by atoms with Crippen LogP contribution in [0, 0.1) is 6.92 Å². The van der Waals surface area contributed by atoms with Gasteiger partial charge in [0.2, 0.25) is 0 Å². The van der Waals surface area contributed by atoms with E-state index in [9.17, 15) is 4.79 Å². The molecule has 0 fully saturated rings. The molecule has 20 heavy (non-hydrogen) atoms. The number of anilines is 2. The van der Waals surface area contributed by atoms with Gasteiger partial charge in [-0.1, -0.05) is 34.8 Å². The van der Waals surface area contributed by atoms with Gasteiger partial charge in [-0.15, -0.1) is 0 Å². The van der Waals surface area contributed by atoms with E-state index in [0.717, 1.165) is 5.56 Å². The van der Waals surface area contributed by atoms with Crippen molar-refractivity contribution in [3.8, 4) is 0 Å². The minimum absolute atomic E-state index is 0.224. The number of nitrogen functional groups attached to an aromatic ring is 1. The summed E-state index contributed by atoms with van der Waals surface area (Å²) in [7, 11) is 0. The number of halogens is 3. The molecule has 0 radical (unpaired) electrons. The number of aromatic nitrogens is 1. The van der Waals surface area contributed by atoms with Crippen LogP contribution in [0.2, 0.25) is 15.2 Å². The molecule has 0 saturated carbocycles. The Bertz CT molecular complexity index is 666. The standard InChI is InChI=1S/C13H10Cl3N3O/c1-6-2-8(5-18-12(6)16)19-13(20)7-3-9(14)11(15)10(17)4-7/h2-5H,17H2,1H3,(H,19,20). The zero-order valence-electron chi connectivity index (χ0n) is 10.4. The molecule has 1 heterocycles. The number of hydrogen-bond donors (Lipinski definition) is 2. The van der Waals surface area contributed by atoms with Gasteiger partial charge >= 0.3 is 0 Å². The van der Waals surface area contributed by atoms with Crippen molar-refractivity contribution in [3.63, 3.8) is 0 Å². The Morgan fingerprint density at radius 1 is 1.25 bits per heavy atom. The lowest BCUT2D eigenvalue weighted by Crippen LogP contribution is -2.12. The van der Waals surface area contributed by atoms with E-state index in [4.69, 9.17) is 40.5 Å². The fourth-order valence-corrected chi connectivity index (χ4v) is 2.01. The van der Waals surface area contributed by atoms with Gasteiger partial charge in [-0.05, 0) is 30.7 Å². The number of amides is 1. The normalized spacial score (nSPS) is 10.4. The summed E-state index contributed by atoms with van der Waals surface area (Å²) in [5, 5.41) is 3.53. The Balaban J connectivity index is 2.26. The molecule has 1 amide bonds. The molecule has 0 saturated heterocycles. The molecule has 1 aromatic heterocycles. The van der Waals surface area contributed by atoms with Gasteiger partial charge in [-0.3, -0.25) is 4.79 Å². The van der Waals surface area contributed by atoms with Crippen molar-refractivity contribution in [2.45, 2.75) is 6.92 Å². The van der Waals surface area contributed by atoms with E-state index in [-0.39, 0.29) is 21.6 Å². The molecule has 0 aliphatic heterocycles. The average molecular weight is 331 g/mol. The minimum Gasteiger partial charge on any atom is -0.397 e. The molecule has 0 unspecified atom stereocenters. The molecule has 0 bridgehead atoms. The van der Waals surface area contributed by atoms with Crippen molar-refractivity contribution in [2.24, 2.45) is 0 Å². The summed E-state index contributed by atoms with van der Waals surface area (Å²) in [5.41, 5.74) is 7.52. The summed E-state index contributed by atoms with van der Waals surface area (Å²) in [6, 6.07) is 4.62. The lowest BCUT2D eigenvalue weighted by atomic mass is 10.2. The topological polar surface area (TPSA) is 68.0 Å². The number of carbonyl (C=O) groups excluding carboxylic acids is 1. The molecule has 104 valence electrons. The third-order valence-electron chi connectivity index (χ3n) is 2.59. The van der Waals surface area contributed by atoms with Gasteiger partial charge in [-0.2, -0.15) is 0 Å². The first-order chi connectivity index (χ1) is 9.38. The molecular formula is C13H10Cl3N3O. The fourth-order valence-electron chi connectivity index (χ4n) is 1.57. The third-order valence-corrected chi connectivity index (χ3v) is 3.80. The first kappa shape index (κ1) is 14.9. The van der Waals surface area contributed by atoms with Crippen LogP contribution in [0.25, 0.3) is 0 Å². The van der Waals surface area contributed by atoms with Crippen LogP contribution < -0.4 is 11.1 Å². The summed E-state index contributed by atoms with van der Waals surface area (Å²) in [6.45, 7) is 1.79. The van der Waals surface area contributed by atoms with E-state index in [0.29, 0.717) is 16.4 Å². The van der Waals surface area contributed by atoms with Gasteiger partial charge in [-0.25, -0.2) is 4.98 Å². The second-order valence-electron chi connectivity index (χ2n) is 4.15. The fraction of sp³-hybridized carbons (Fsp3) is 0.0769. The molecule has 2 aromatic rings. The highest BCUT2D eigenvalue weighted by Gasteiger charge is 2.12. The second-order valence-corrected chi connectivity index (χ2v) is 5.29. The maximum Gasteiger partial charge on any atom is 0.255 e. The Morgan fingerprint density at radius 3 is 2.55 bits per heavy atom. The Labute approximate surface area is 130 Å². The van der Waals surface area contributed by atoms with Crippen molar-refractivity contribution >= 4 is 52.1 Å². The predicted octanol–water partition coefficient (Wildman–Crippen LogP) is 4.18. The van der Waals surface area contributed by atoms with Crippen LogP contribution in [0.15, 0.2) is 24.4 Å². The second kappa shape index (κ2) is 5.87. The number of rotatable bonds is 2. The third kappa shape index (κ3) is 3.15. The van der Waals surface area contributed by atoms with Crippen molar-refractivity contribution in [3.05, 3.63) is 50.7 Å². The van der Waals surface area contributed by atoms with Crippen LogP contribution in [-0.2, 0) is 0 Å². The molecule has 2 rings (SSSR count). The van der Waals surface area contributed by atoms with E-state index in [1.807, 2.05) is 0 Å². The monoisotopic (exact) mass is 329 g/mol. The number of nitrogens with one attached hydrogen (secondary N) is 1. The zero-order chi connectivity index (χ0) is 14.9. The Morgan fingerprint density at radius 2 is 1.95 bits per heavy atom. The first-order valence-corrected chi connectivity index (χ1v) is 6.70. The highest BCUT2D eigenvalue weighted by atomic mass is 35.5. The molecule has 3 N–H and O–H groups in total. The van der Waals surface area contributed by atoms with Crippen LogP contribution in [0.5, 0.6) is 0 Å². The number of hydrogen-bond acceptors (Lipinski definition) is 3. The number of benzene rings is 1. The summed E-state index contributed by atoms with van der Waals surface area (Å²) in [4.78, 5) is 16.1. The van der Waals surface area contributed by atoms with Crippen LogP contribution >= 0.6 is 34.8 Å². The van der Waals surface area contributed by atoms with E-state index in [1.54, 1.807) is 13.0 Å². The van der Waals surface area contributed by atoms with Crippen molar-refractivity contribution in [2.75, 3.05) is 11.1 Å². The van der Waals surface area contributed by atoms with E-state index >= 15 is 0 Å². The van der Waals surface area contributed by atoms with Crippen molar-refractivity contribution in [1.82, 2.24) is 4.98 Å². The summed E-state index contributed by atoms with van der Waals surface area (Å²) >= 11 is 17.6. The highest BCUT2D eigenvalue weighted by Crippen LogP contribution is 2.29. The lowest BCUT2D eigenvalue weighted by molar-refractivity contribution is 0.102. The zero-order valence-corrected chi connectivity index (χ0v) is 12.6. The maximum absolute atomic E-state index is 12.1. The molecule has 0 spiro atoms. The van der Waals surface area contributed by atoms with Crippen molar-refractivity contribution < 1.29 is 4.79 Å². The smallest absolute Gasteiger partial charge is 0.255 e. The van der Waals surface area contributed by atoms with Gasteiger partial charge in [0, 0.05) is 5.56 Å². The van der Waals surface area contributed by atoms with Crippen LogP contribution in [0.1, 0.15) is 15.9 Å². The number of nitrogens with two attached hydrogens (primary N) is 1. The van der Waals surface area contributed by atoms with Crippen molar-refractivity contribution in [1.29, 1.82) is 0 Å². The Hall–Kier alpha value is -1.49. The van der Waals surface area contributed by atoms with Crippen LogP contribution in [0.3, 0.4) is 0 Å². The molecule has 0 aliphatic carbocycles. The first-order valence-electron chi connectivity index (χ1n) is 5.56. The predicted molar refractivity (Wildman–Crippen MR) is 82.8 cm³/mol. The van der Waals surface area contributed by atoms with Gasteiger partial charge in [0.05, 0.1) is 27.6 Å². The van der Waals surface area contributed by atoms with Crippen LogP contribution in [0.4, 0.5) is 11.4 Å². The van der Waals surface area contributed by atoms with Gasteiger partial charge < -0.3 is 11.1 Å². The van der Waals surface area contributed by atoms with E-state index in [2.05, 4.69) is 10.3 Å². The molecule has 1 aromatic carbocycles. The number of nitrogens with zero attached hydrogens (tertiary/aromatic N) is 1. The maximum atomic E-state index is 12.1. The van der Waals surface area contributed by atoms with E-state index in [1.165, 1.54) is 18.3 Å². The molecule has 4 nitrogen and oxygen atoms in total. The SMILES string of the molecule is Cc1cc(NC(=O)c2cc(N)c(Cl)c(Cl)c2)cnc1Cl. The number of aryl methyl sites for hydroxylation is 1. The summed E-state index contributed by atoms with van der Waals surface area (Å²) in [5.74, 6) is -0.362. The number of carbonyl (C=O) groups is 1. The van der Waals surface area contributed by atoms with Gasteiger partial charge in [0.1, 0.15) is 5.15 Å². The number of pyridine rings is 1. The Kier molecular flexibility index (Phi) is 4.38. The molecule has 0 aliphatic rings. The molecular weight excluding hydrogens is 321 g/mol. The van der Waals surface area contributed by atoms with Crippen LogP contribution in [-0.4, -0.2) is 10.9 Å². The largest absolute Gasteiger partial charge is 0.397 e. The molecule has 0 atom stereocenters. The summed E-state index contributed by atoms with van der Waals surface area (Å²) in [6.07, 6.45) is 1.47. The highest BCUT2D eigenvalue weighted by molar-refractivity contribution is 6.44. The summed E-state index contributed by atoms with van der Waals surface area (Å²) < 4.78 is 0. The molecule has 7 heteroatoms. The minimum atomic E-state index is -0.362. The van der Waals surface area contributed by atoms with Gasteiger partial charge in [0.15, 0.2) is 0 Å².